The van der Waals surface area contributed by atoms with Gasteiger partial charge in [0.2, 0.25) is 0 Å². The van der Waals surface area contributed by atoms with Crippen LogP contribution in [0.2, 0.25) is 5.02 Å². The summed E-state index contributed by atoms with van der Waals surface area (Å²) in [4.78, 5) is 0. The van der Waals surface area contributed by atoms with Crippen molar-refractivity contribution in [3.05, 3.63) is 64.7 Å². The highest BCUT2D eigenvalue weighted by Gasteiger charge is 2.05. The third-order valence-corrected chi connectivity index (χ3v) is 2.86. The van der Waals surface area contributed by atoms with E-state index in [0.29, 0.717) is 17.3 Å². The van der Waals surface area contributed by atoms with Crippen LogP contribution < -0.4 is 10.5 Å². The molecule has 2 rings (SSSR count). The Morgan fingerprint density at radius 3 is 2.58 bits per heavy atom. The topological polar surface area (TPSA) is 35.2 Å². The number of para-hydroxylation sites is 1. The summed E-state index contributed by atoms with van der Waals surface area (Å²) in [7, 11) is 0. The second-order valence-electron chi connectivity index (χ2n) is 3.89. The molecular weight excluding hydrogens is 258 g/mol. The Morgan fingerprint density at radius 2 is 1.84 bits per heavy atom. The van der Waals surface area contributed by atoms with Gasteiger partial charge in [-0.3, -0.25) is 0 Å². The number of halogens is 1. The van der Waals surface area contributed by atoms with Crippen molar-refractivity contribution in [1.29, 1.82) is 0 Å². The van der Waals surface area contributed by atoms with Crippen LogP contribution in [-0.2, 0) is 6.54 Å². The number of benzene rings is 2. The van der Waals surface area contributed by atoms with Crippen LogP contribution in [0, 0.1) is 11.8 Å². The van der Waals surface area contributed by atoms with E-state index < -0.39 is 0 Å². The molecule has 0 fully saturated rings. The highest BCUT2D eigenvalue weighted by atomic mass is 35.5. The van der Waals surface area contributed by atoms with E-state index in [9.17, 15) is 0 Å². The van der Waals surface area contributed by atoms with Crippen molar-refractivity contribution < 1.29 is 4.74 Å². The molecule has 0 amide bonds. The molecule has 19 heavy (non-hydrogen) atoms. The molecule has 0 radical (unpaired) electrons. The Bertz CT molecular complexity index is 599. The van der Waals surface area contributed by atoms with Crippen molar-refractivity contribution in [2.24, 2.45) is 5.73 Å². The van der Waals surface area contributed by atoms with E-state index >= 15 is 0 Å². The summed E-state index contributed by atoms with van der Waals surface area (Å²) in [5.41, 5.74) is 7.49. The van der Waals surface area contributed by atoms with E-state index in [1.165, 1.54) is 0 Å². The van der Waals surface area contributed by atoms with Crippen molar-refractivity contribution in [3.8, 4) is 17.6 Å². The minimum Gasteiger partial charge on any atom is -0.479 e. The Balaban J connectivity index is 2.02. The molecule has 0 heterocycles. The Kier molecular flexibility index (Phi) is 4.85. The van der Waals surface area contributed by atoms with Crippen LogP contribution in [0.4, 0.5) is 0 Å². The van der Waals surface area contributed by atoms with Crippen LogP contribution in [0.25, 0.3) is 0 Å². The Labute approximate surface area is 118 Å². The van der Waals surface area contributed by atoms with Crippen LogP contribution in [0.3, 0.4) is 0 Å². The molecule has 0 aliphatic heterocycles. The van der Waals surface area contributed by atoms with Crippen molar-refractivity contribution in [2.75, 3.05) is 6.61 Å². The van der Waals surface area contributed by atoms with E-state index in [0.717, 1.165) is 11.1 Å². The predicted molar refractivity (Wildman–Crippen MR) is 78.2 cm³/mol. The Morgan fingerprint density at radius 1 is 1.05 bits per heavy atom. The van der Waals surface area contributed by atoms with Gasteiger partial charge in [-0.25, -0.2) is 0 Å². The average Bonchev–Trinajstić information content (AvgIpc) is 2.46. The zero-order valence-electron chi connectivity index (χ0n) is 10.4. The first-order valence-electron chi connectivity index (χ1n) is 5.95. The molecule has 0 aliphatic rings. The van der Waals surface area contributed by atoms with E-state index in [-0.39, 0.29) is 6.61 Å². The third-order valence-electron chi connectivity index (χ3n) is 2.56. The summed E-state index contributed by atoms with van der Waals surface area (Å²) < 4.78 is 5.59. The molecule has 0 spiro atoms. The molecule has 2 aromatic carbocycles. The molecule has 2 aromatic rings. The maximum Gasteiger partial charge on any atom is 0.149 e. The summed E-state index contributed by atoms with van der Waals surface area (Å²) in [6.45, 7) is 0.674. The highest BCUT2D eigenvalue weighted by Crippen LogP contribution is 2.28. The minimum atomic E-state index is 0.283. The molecule has 0 aliphatic carbocycles. The number of hydrogen-bond acceptors (Lipinski definition) is 2. The van der Waals surface area contributed by atoms with Gasteiger partial charge >= 0.3 is 0 Å². The van der Waals surface area contributed by atoms with Crippen molar-refractivity contribution in [3.63, 3.8) is 0 Å². The zero-order valence-corrected chi connectivity index (χ0v) is 11.2. The second-order valence-corrected chi connectivity index (χ2v) is 4.30. The van der Waals surface area contributed by atoms with Gasteiger partial charge in [-0.05, 0) is 18.2 Å². The van der Waals surface area contributed by atoms with E-state index in [1.54, 1.807) is 6.07 Å². The molecule has 0 atom stereocenters. The first-order valence-corrected chi connectivity index (χ1v) is 6.33. The smallest absolute Gasteiger partial charge is 0.149 e. The summed E-state index contributed by atoms with van der Waals surface area (Å²) in [5.74, 6) is 6.60. The van der Waals surface area contributed by atoms with E-state index in [1.807, 2.05) is 42.5 Å². The molecule has 0 unspecified atom stereocenters. The maximum absolute atomic E-state index is 6.08. The van der Waals surface area contributed by atoms with Gasteiger partial charge in [-0.15, -0.1) is 0 Å². The summed E-state index contributed by atoms with van der Waals surface area (Å²) in [5, 5.41) is 0.560. The number of hydrogen-bond donors (Lipinski definition) is 1. The third kappa shape index (κ3) is 3.75. The lowest BCUT2D eigenvalue weighted by Crippen LogP contribution is -2.03. The first-order chi connectivity index (χ1) is 9.31. The van der Waals surface area contributed by atoms with Gasteiger partial charge in [0.25, 0.3) is 0 Å². The SMILES string of the molecule is NCc1cccc(Cl)c1OCC#Cc1ccccc1. The molecular formula is C16H14ClNO. The first kappa shape index (κ1) is 13.5. The van der Waals surface area contributed by atoms with Crippen molar-refractivity contribution in [1.82, 2.24) is 0 Å². The number of ether oxygens (including phenoxy) is 1. The van der Waals surface area contributed by atoms with Gasteiger partial charge in [0.15, 0.2) is 0 Å². The monoisotopic (exact) mass is 271 g/mol. The molecule has 96 valence electrons. The van der Waals surface area contributed by atoms with Gasteiger partial charge < -0.3 is 10.5 Å². The van der Waals surface area contributed by atoms with Gasteiger partial charge in [0.1, 0.15) is 12.4 Å². The fourth-order valence-electron chi connectivity index (χ4n) is 1.64. The lowest BCUT2D eigenvalue weighted by atomic mass is 10.2. The highest BCUT2D eigenvalue weighted by molar-refractivity contribution is 6.32. The molecule has 0 bridgehead atoms. The fourth-order valence-corrected chi connectivity index (χ4v) is 1.89. The van der Waals surface area contributed by atoms with Crippen LogP contribution in [0.15, 0.2) is 48.5 Å². The standard InChI is InChI=1S/C16H14ClNO/c17-15-10-4-9-14(12-18)16(15)19-11-5-8-13-6-2-1-3-7-13/h1-4,6-7,9-10H,11-12,18H2. The van der Waals surface area contributed by atoms with E-state index in [4.69, 9.17) is 22.1 Å². The number of nitrogens with two attached hydrogens (primary N) is 1. The quantitative estimate of drug-likeness (QED) is 0.870. The van der Waals surface area contributed by atoms with E-state index in [2.05, 4.69) is 11.8 Å². The van der Waals surface area contributed by atoms with Crippen LogP contribution in [0.1, 0.15) is 11.1 Å². The van der Waals surface area contributed by atoms with Gasteiger partial charge in [0, 0.05) is 17.7 Å². The summed E-state index contributed by atoms with van der Waals surface area (Å²) in [6, 6.07) is 15.3. The zero-order chi connectivity index (χ0) is 13.5. The molecule has 0 saturated heterocycles. The fraction of sp³-hybridized carbons (Fsp3) is 0.125. The van der Waals surface area contributed by atoms with Gasteiger partial charge in [0.05, 0.1) is 5.02 Å². The largest absolute Gasteiger partial charge is 0.479 e. The number of rotatable bonds is 3. The van der Waals surface area contributed by atoms with Gasteiger partial charge in [-0.1, -0.05) is 53.8 Å². The molecule has 0 saturated carbocycles. The van der Waals surface area contributed by atoms with Crippen LogP contribution in [-0.4, -0.2) is 6.61 Å². The van der Waals surface area contributed by atoms with Crippen molar-refractivity contribution in [2.45, 2.75) is 6.54 Å². The lowest BCUT2D eigenvalue weighted by molar-refractivity contribution is 0.366. The molecule has 2 N–H and O–H groups in total. The van der Waals surface area contributed by atoms with Crippen LogP contribution in [0.5, 0.6) is 5.75 Å². The molecule has 3 heteroatoms. The minimum absolute atomic E-state index is 0.283. The molecule has 0 aromatic heterocycles. The Hall–Kier alpha value is -1.95. The normalized spacial score (nSPS) is 9.58. The second kappa shape index (κ2) is 6.84. The maximum atomic E-state index is 6.08. The predicted octanol–water partition coefficient (Wildman–Crippen LogP) is 3.23. The lowest BCUT2D eigenvalue weighted by Gasteiger charge is -2.09. The molecule has 2 nitrogen and oxygen atoms in total. The summed E-state index contributed by atoms with van der Waals surface area (Å²) in [6.07, 6.45) is 0. The average molecular weight is 272 g/mol. The summed E-state index contributed by atoms with van der Waals surface area (Å²) >= 11 is 6.08. The van der Waals surface area contributed by atoms with Crippen LogP contribution >= 0.6 is 11.6 Å². The van der Waals surface area contributed by atoms with Crippen molar-refractivity contribution >= 4 is 11.6 Å². The van der Waals surface area contributed by atoms with Gasteiger partial charge in [-0.2, -0.15) is 0 Å².